The quantitative estimate of drug-likeness (QED) is 0.443. The van der Waals surface area contributed by atoms with Crippen molar-refractivity contribution in [1.29, 1.82) is 0 Å². The van der Waals surface area contributed by atoms with Crippen LogP contribution in [0.5, 0.6) is 0 Å². The normalized spacial score (nSPS) is 10.7. The number of nitrogens with zero attached hydrogens (tertiary/aromatic N) is 2. The van der Waals surface area contributed by atoms with Crippen molar-refractivity contribution in [1.82, 2.24) is 20.4 Å². The SMILES string of the molecule is CNC(=O)c1ccccc1-c1ccc(CNC(=O)c2cc(C)n(-c3cc(C)cc(C)c3)n2)cc1. The third kappa shape index (κ3) is 4.91. The first-order valence-electron chi connectivity index (χ1n) is 11.2. The maximum atomic E-state index is 12.8. The zero-order chi connectivity index (χ0) is 24.2. The van der Waals surface area contributed by atoms with Crippen LogP contribution in [0.1, 0.15) is 43.2 Å². The lowest BCUT2D eigenvalue weighted by atomic mass is 9.98. The summed E-state index contributed by atoms with van der Waals surface area (Å²) in [5, 5.41) is 10.2. The lowest BCUT2D eigenvalue weighted by Gasteiger charge is -2.10. The van der Waals surface area contributed by atoms with Crippen LogP contribution in [0, 0.1) is 20.8 Å². The number of hydrogen-bond donors (Lipinski definition) is 2. The molecular formula is C28H28N4O2. The summed E-state index contributed by atoms with van der Waals surface area (Å²) in [5.74, 6) is -0.345. The number of amides is 2. The standard InChI is InChI=1S/C28H28N4O2/c1-18-13-19(2)15-23(14-18)32-20(3)16-26(31-32)28(34)30-17-21-9-11-22(12-10-21)24-7-5-6-8-25(24)27(33)29-4/h5-16H,17H2,1-4H3,(H,29,33)(H,30,34). The average Bonchev–Trinajstić information content (AvgIpc) is 3.23. The minimum Gasteiger partial charge on any atom is -0.355 e. The molecule has 1 heterocycles. The van der Waals surface area contributed by atoms with Gasteiger partial charge in [-0.15, -0.1) is 0 Å². The van der Waals surface area contributed by atoms with Gasteiger partial charge in [0.25, 0.3) is 11.8 Å². The van der Waals surface area contributed by atoms with Crippen molar-refractivity contribution in [3.63, 3.8) is 0 Å². The van der Waals surface area contributed by atoms with Crippen LogP contribution in [0.3, 0.4) is 0 Å². The lowest BCUT2D eigenvalue weighted by molar-refractivity contribution is 0.0942. The van der Waals surface area contributed by atoms with E-state index in [1.54, 1.807) is 17.8 Å². The summed E-state index contributed by atoms with van der Waals surface area (Å²) < 4.78 is 1.80. The zero-order valence-corrected chi connectivity index (χ0v) is 19.8. The Hall–Kier alpha value is -4.19. The molecule has 172 valence electrons. The first-order valence-corrected chi connectivity index (χ1v) is 11.2. The van der Waals surface area contributed by atoms with Gasteiger partial charge >= 0.3 is 0 Å². The van der Waals surface area contributed by atoms with Gasteiger partial charge in [-0.05, 0) is 72.9 Å². The third-order valence-corrected chi connectivity index (χ3v) is 5.69. The molecule has 6 nitrogen and oxygen atoms in total. The van der Waals surface area contributed by atoms with Crippen LogP contribution in [0.4, 0.5) is 0 Å². The first-order chi connectivity index (χ1) is 16.4. The number of carbonyl (C=O) groups excluding carboxylic acids is 2. The summed E-state index contributed by atoms with van der Waals surface area (Å²) >= 11 is 0. The highest BCUT2D eigenvalue weighted by Gasteiger charge is 2.14. The molecule has 0 bridgehead atoms. The van der Waals surface area contributed by atoms with Gasteiger partial charge in [0.05, 0.1) is 5.69 Å². The molecule has 0 atom stereocenters. The number of carbonyl (C=O) groups is 2. The Kier molecular flexibility index (Phi) is 6.59. The molecule has 0 fully saturated rings. The van der Waals surface area contributed by atoms with Gasteiger partial charge < -0.3 is 10.6 Å². The van der Waals surface area contributed by atoms with E-state index in [-0.39, 0.29) is 11.8 Å². The van der Waals surface area contributed by atoms with Gasteiger partial charge in [-0.1, -0.05) is 48.5 Å². The van der Waals surface area contributed by atoms with Gasteiger partial charge in [0.15, 0.2) is 5.69 Å². The van der Waals surface area contributed by atoms with E-state index in [2.05, 4.69) is 33.9 Å². The van der Waals surface area contributed by atoms with E-state index in [0.29, 0.717) is 17.8 Å². The smallest absolute Gasteiger partial charge is 0.272 e. The van der Waals surface area contributed by atoms with Gasteiger partial charge in [-0.2, -0.15) is 5.10 Å². The Labute approximate surface area is 199 Å². The molecule has 3 aromatic carbocycles. The fourth-order valence-corrected chi connectivity index (χ4v) is 4.06. The van der Waals surface area contributed by atoms with Crippen LogP contribution in [-0.2, 0) is 6.54 Å². The van der Waals surface area contributed by atoms with Crippen molar-refractivity contribution in [3.8, 4) is 16.8 Å². The summed E-state index contributed by atoms with van der Waals surface area (Å²) in [6.45, 7) is 6.42. The number of aromatic nitrogens is 2. The van der Waals surface area contributed by atoms with Crippen LogP contribution in [0.2, 0.25) is 0 Å². The zero-order valence-electron chi connectivity index (χ0n) is 19.8. The number of hydrogen-bond acceptors (Lipinski definition) is 3. The summed E-state index contributed by atoms with van der Waals surface area (Å²) in [5.41, 5.74) is 7.92. The molecule has 34 heavy (non-hydrogen) atoms. The van der Waals surface area contributed by atoms with Gasteiger partial charge in [0, 0.05) is 24.8 Å². The monoisotopic (exact) mass is 452 g/mol. The molecule has 1 aromatic heterocycles. The maximum Gasteiger partial charge on any atom is 0.272 e. The minimum absolute atomic E-state index is 0.123. The van der Waals surface area contributed by atoms with E-state index in [1.807, 2.05) is 69.3 Å². The van der Waals surface area contributed by atoms with Crippen molar-refractivity contribution in [3.05, 3.63) is 106 Å². The second-order valence-corrected chi connectivity index (χ2v) is 8.43. The molecule has 4 rings (SSSR count). The van der Waals surface area contributed by atoms with Crippen LogP contribution < -0.4 is 10.6 Å². The Bertz CT molecular complexity index is 1330. The topological polar surface area (TPSA) is 76.0 Å². The van der Waals surface area contributed by atoms with Crippen molar-refractivity contribution in [2.75, 3.05) is 7.05 Å². The minimum atomic E-state index is -0.222. The third-order valence-electron chi connectivity index (χ3n) is 5.69. The molecule has 0 aliphatic heterocycles. The molecule has 4 aromatic rings. The van der Waals surface area contributed by atoms with Gasteiger partial charge in [0.1, 0.15) is 0 Å². The number of benzene rings is 3. The second-order valence-electron chi connectivity index (χ2n) is 8.43. The number of nitrogens with one attached hydrogen (secondary N) is 2. The number of aryl methyl sites for hydroxylation is 3. The lowest BCUT2D eigenvalue weighted by Crippen LogP contribution is -2.23. The predicted molar refractivity (Wildman–Crippen MR) is 134 cm³/mol. The van der Waals surface area contributed by atoms with E-state index in [4.69, 9.17) is 0 Å². The van der Waals surface area contributed by atoms with Crippen molar-refractivity contribution in [2.24, 2.45) is 0 Å². The fourth-order valence-electron chi connectivity index (χ4n) is 4.06. The molecule has 2 N–H and O–H groups in total. The van der Waals surface area contributed by atoms with Gasteiger partial charge in [-0.3, -0.25) is 9.59 Å². The number of rotatable bonds is 6. The van der Waals surface area contributed by atoms with Gasteiger partial charge in [-0.25, -0.2) is 4.68 Å². The largest absolute Gasteiger partial charge is 0.355 e. The maximum absolute atomic E-state index is 12.8. The van der Waals surface area contributed by atoms with E-state index < -0.39 is 0 Å². The molecule has 0 aliphatic carbocycles. The molecule has 2 amide bonds. The Balaban J connectivity index is 1.46. The summed E-state index contributed by atoms with van der Waals surface area (Å²) in [4.78, 5) is 24.9. The first kappa shape index (κ1) is 23.0. The van der Waals surface area contributed by atoms with E-state index in [9.17, 15) is 9.59 Å². The predicted octanol–water partition coefficient (Wildman–Crippen LogP) is 4.75. The van der Waals surface area contributed by atoms with Crippen LogP contribution in [0.15, 0.2) is 72.8 Å². The fraction of sp³-hybridized carbons (Fsp3) is 0.179. The molecule has 6 heteroatoms. The Morgan fingerprint density at radius 3 is 2.21 bits per heavy atom. The van der Waals surface area contributed by atoms with E-state index in [1.165, 1.54) is 0 Å². The molecule has 0 aliphatic rings. The van der Waals surface area contributed by atoms with E-state index >= 15 is 0 Å². The van der Waals surface area contributed by atoms with Crippen molar-refractivity contribution in [2.45, 2.75) is 27.3 Å². The molecule has 0 radical (unpaired) electrons. The summed E-state index contributed by atoms with van der Waals surface area (Å²) in [6, 6.07) is 23.3. The molecule has 0 saturated carbocycles. The molecule has 0 saturated heterocycles. The van der Waals surface area contributed by atoms with Crippen LogP contribution in [0.25, 0.3) is 16.8 Å². The Morgan fingerprint density at radius 2 is 1.53 bits per heavy atom. The second kappa shape index (κ2) is 9.75. The summed E-state index contributed by atoms with van der Waals surface area (Å²) in [7, 11) is 1.62. The summed E-state index contributed by atoms with van der Waals surface area (Å²) in [6.07, 6.45) is 0. The highest BCUT2D eigenvalue weighted by molar-refractivity contribution is 6.00. The molecule has 0 unspecified atom stereocenters. The molecule has 0 spiro atoms. The van der Waals surface area contributed by atoms with Crippen LogP contribution >= 0.6 is 0 Å². The van der Waals surface area contributed by atoms with Crippen molar-refractivity contribution < 1.29 is 9.59 Å². The van der Waals surface area contributed by atoms with Crippen LogP contribution in [-0.4, -0.2) is 28.6 Å². The highest BCUT2D eigenvalue weighted by Crippen LogP contribution is 2.24. The van der Waals surface area contributed by atoms with Gasteiger partial charge in [0.2, 0.25) is 0 Å². The average molecular weight is 453 g/mol. The Morgan fingerprint density at radius 1 is 0.853 bits per heavy atom. The van der Waals surface area contributed by atoms with E-state index in [0.717, 1.165) is 39.2 Å². The van der Waals surface area contributed by atoms with Crippen molar-refractivity contribution >= 4 is 11.8 Å². The molecular weight excluding hydrogens is 424 g/mol. The highest BCUT2D eigenvalue weighted by atomic mass is 16.2.